The summed E-state index contributed by atoms with van der Waals surface area (Å²) in [6, 6.07) is 3.26. The van der Waals surface area contributed by atoms with Crippen molar-refractivity contribution in [1.29, 1.82) is 0 Å². The molecule has 0 aliphatic carbocycles. The van der Waals surface area contributed by atoms with Crippen LogP contribution in [0, 0.1) is 0 Å². The summed E-state index contributed by atoms with van der Waals surface area (Å²) in [7, 11) is 0. The molecule has 0 radical (unpaired) electrons. The Balaban J connectivity index is 0.000000711. The first-order chi connectivity index (χ1) is 8.68. The quantitative estimate of drug-likeness (QED) is 0.483. The van der Waals surface area contributed by atoms with Gasteiger partial charge >= 0.3 is 17.9 Å². The van der Waals surface area contributed by atoms with E-state index in [1.54, 1.807) is 0 Å². The second-order valence-electron chi connectivity index (χ2n) is 3.38. The molecule has 19 heavy (non-hydrogen) atoms. The molecule has 104 valence electrons. The third-order valence-electron chi connectivity index (χ3n) is 1.74. The molecule has 1 atom stereocenters. The van der Waals surface area contributed by atoms with Crippen LogP contribution >= 0.6 is 0 Å². The van der Waals surface area contributed by atoms with Gasteiger partial charge in [-0.05, 0) is 19.1 Å². The van der Waals surface area contributed by atoms with Gasteiger partial charge in [0.05, 0.1) is 22.9 Å². The fourth-order valence-electron chi connectivity index (χ4n) is 1.14. The Kier molecular flexibility index (Phi) is 6.17. The fourth-order valence-corrected chi connectivity index (χ4v) is 1.14. The van der Waals surface area contributed by atoms with Gasteiger partial charge < -0.3 is 26.2 Å². The maximum Gasteiger partial charge on any atom is 0.337 e. The Hall–Kier alpha value is -2.45. The molecule has 0 amide bonds. The number of hydrogen-bond donors (Lipinski definition) is 5. The van der Waals surface area contributed by atoms with Crippen LogP contribution in [0.1, 0.15) is 38.0 Å². The van der Waals surface area contributed by atoms with Gasteiger partial charge in [0.25, 0.3) is 0 Å². The van der Waals surface area contributed by atoms with Crippen LogP contribution in [0.2, 0.25) is 0 Å². The Bertz CT molecular complexity index is 461. The molecule has 6 N–H and O–H groups in total. The maximum atomic E-state index is 10.7. The summed E-state index contributed by atoms with van der Waals surface area (Å²) in [4.78, 5) is 32.0. The number of carbonyl (C=O) groups is 3. The third kappa shape index (κ3) is 5.15. The summed E-state index contributed by atoms with van der Waals surface area (Å²) in [6.45, 7) is 1.50. The fraction of sp³-hybridized carbons (Fsp3) is 0.182. The number of carboxylic acids is 3. The summed E-state index contributed by atoms with van der Waals surface area (Å²) in [5.41, 5.74) is 2.88. The van der Waals surface area contributed by atoms with Crippen LogP contribution in [0.15, 0.2) is 18.2 Å². The lowest BCUT2D eigenvalue weighted by molar-refractivity contribution is 0.0633. The average Bonchev–Trinajstić information content (AvgIpc) is 2.26. The molecule has 1 aromatic rings. The standard InChI is InChI=1S/C9H6O6.C2H7NO/c10-7(11)4-2-1-3-5(8(12)13)6(4)9(14)15;1-2(3)4/h1-3H,(H,10,11)(H,12,13)(H,14,15);2,4H,3H2,1H3. The molecule has 0 spiro atoms. The van der Waals surface area contributed by atoms with Crippen molar-refractivity contribution in [2.24, 2.45) is 5.73 Å². The number of benzene rings is 1. The van der Waals surface area contributed by atoms with Gasteiger partial charge in [0, 0.05) is 0 Å². The molecule has 0 fully saturated rings. The lowest BCUT2D eigenvalue weighted by Gasteiger charge is -2.04. The number of aliphatic hydroxyl groups is 1. The summed E-state index contributed by atoms with van der Waals surface area (Å²) in [5.74, 6) is -4.53. The number of rotatable bonds is 3. The van der Waals surface area contributed by atoms with E-state index in [2.05, 4.69) is 5.73 Å². The summed E-state index contributed by atoms with van der Waals surface area (Å²) in [5, 5.41) is 33.9. The zero-order chi connectivity index (χ0) is 15.2. The lowest BCUT2D eigenvalue weighted by atomic mass is 10.0. The summed E-state index contributed by atoms with van der Waals surface area (Å²) < 4.78 is 0. The van der Waals surface area contributed by atoms with Gasteiger partial charge in [-0.2, -0.15) is 0 Å². The number of hydrogen-bond acceptors (Lipinski definition) is 5. The molecular weight excluding hydrogens is 258 g/mol. The van der Waals surface area contributed by atoms with Crippen molar-refractivity contribution < 1.29 is 34.8 Å². The van der Waals surface area contributed by atoms with E-state index in [0.29, 0.717) is 0 Å². The van der Waals surface area contributed by atoms with Crippen LogP contribution in [0.25, 0.3) is 0 Å². The van der Waals surface area contributed by atoms with E-state index in [9.17, 15) is 14.4 Å². The first kappa shape index (κ1) is 16.6. The summed E-state index contributed by atoms with van der Waals surface area (Å²) in [6.07, 6.45) is -0.667. The molecule has 0 bridgehead atoms. The third-order valence-corrected chi connectivity index (χ3v) is 1.74. The molecule has 0 saturated carbocycles. The van der Waals surface area contributed by atoms with Crippen LogP contribution in [0.3, 0.4) is 0 Å². The minimum absolute atomic E-state index is 0.539. The normalized spacial score (nSPS) is 10.9. The number of nitrogens with two attached hydrogens (primary N) is 1. The van der Waals surface area contributed by atoms with Gasteiger partial charge in [-0.25, -0.2) is 14.4 Å². The van der Waals surface area contributed by atoms with Crippen LogP contribution in [-0.4, -0.2) is 44.6 Å². The van der Waals surface area contributed by atoms with Gasteiger partial charge in [-0.1, -0.05) is 6.07 Å². The Morgan fingerprint density at radius 3 is 1.53 bits per heavy atom. The van der Waals surface area contributed by atoms with Crippen molar-refractivity contribution in [3.05, 3.63) is 34.9 Å². The van der Waals surface area contributed by atoms with E-state index in [-0.39, 0.29) is 0 Å². The molecule has 1 aromatic carbocycles. The molecule has 1 rings (SSSR count). The van der Waals surface area contributed by atoms with Crippen molar-refractivity contribution >= 4 is 17.9 Å². The molecule has 0 aliphatic rings. The Labute approximate surface area is 107 Å². The number of aromatic carboxylic acids is 3. The van der Waals surface area contributed by atoms with Crippen molar-refractivity contribution in [2.45, 2.75) is 13.2 Å². The minimum atomic E-state index is -1.58. The molecule has 0 aromatic heterocycles. The molecule has 8 nitrogen and oxygen atoms in total. The predicted molar refractivity (Wildman–Crippen MR) is 63.2 cm³/mol. The Morgan fingerprint density at radius 1 is 1.00 bits per heavy atom. The minimum Gasteiger partial charge on any atom is -0.478 e. The molecule has 1 unspecified atom stereocenters. The highest BCUT2D eigenvalue weighted by Gasteiger charge is 2.22. The van der Waals surface area contributed by atoms with Crippen molar-refractivity contribution in [3.8, 4) is 0 Å². The van der Waals surface area contributed by atoms with Gasteiger partial charge in [0.2, 0.25) is 0 Å². The molecule has 0 heterocycles. The van der Waals surface area contributed by atoms with E-state index in [4.69, 9.17) is 20.4 Å². The highest BCUT2D eigenvalue weighted by Crippen LogP contribution is 2.15. The van der Waals surface area contributed by atoms with Crippen molar-refractivity contribution in [1.82, 2.24) is 0 Å². The zero-order valence-electron chi connectivity index (χ0n) is 9.90. The molecule has 8 heteroatoms. The maximum absolute atomic E-state index is 10.7. The number of aliphatic hydroxyl groups excluding tert-OH is 1. The second kappa shape index (κ2) is 7.09. The highest BCUT2D eigenvalue weighted by atomic mass is 16.4. The van der Waals surface area contributed by atoms with Crippen LogP contribution < -0.4 is 5.73 Å². The first-order valence-corrected chi connectivity index (χ1v) is 4.95. The highest BCUT2D eigenvalue weighted by molar-refractivity contribution is 6.08. The van der Waals surface area contributed by atoms with Crippen LogP contribution in [0.4, 0.5) is 0 Å². The molecule has 0 aliphatic heterocycles. The van der Waals surface area contributed by atoms with Gasteiger partial charge in [0.15, 0.2) is 0 Å². The van der Waals surface area contributed by atoms with Gasteiger partial charge in [0.1, 0.15) is 0 Å². The van der Waals surface area contributed by atoms with E-state index < -0.39 is 40.8 Å². The molecular formula is C11H13NO7. The SMILES string of the molecule is CC(N)O.O=C(O)c1cccc(C(=O)O)c1C(=O)O. The predicted octanol–water partition coefficient (Wildman–Crippen LogP) is 0.0646. The monoisotopic (exact) mass is 271 g/mol. The first-order valence-electron chi connectivity index (χ1n) is 4.95. The van der Waals surface area contributed by atoms with E-state index in [0.717, 1.165) is 12.1 Å². The van der Waals surface area contributed by atoms with E-state index in [1.807, 2.05) is 0 Å². The second-order valence-corrected chi connectivity index (χ2v) is 3.38. The summed E-state index contributed by atoms with van der Waals surface area (Å²) >= 11 is 0. The lowest BCUT2D eigenvalue weighted by Crippen LogP contribution is -2.14. The van der Waals surface area contributed by atoms with Crippen LogP contribution in [0.5, 0.6) is 0 Å². The van der Waals surface area contributed by atoms with Gasteiger partial charge in [-0.15, -0.1) is 0 Å². The number of carboxylic acid groups (broad SMARTS) is 3. The zero-order valence-corrected chi connectivity index (χ0v) is 9.90. The largest absolute Gasteiger partial charge is 0.478 e. The van der Waals surface area contributed by atoms with Crippen molar-refractivity contribution in [2.75, 3.05) is 0 Å². The topological polar surface area (TPSA) is 158 Å². The Morgan fingerprint density at radius 2 is 1.32 bits per heavy atom. The van der Waals surface area contributed by atoms with E-state index >= 15 is 0 Å². The van der Waals surface area contributed by atoms with Gasteiger partial charge in [-0.3, -0.25) is 0 Å². The van der Waals surface area contributed by atoms with Crippen molar-refractivity contribution in [3.63, 3.8) is 0 Å². The molecule has 0 saturated heterocycles. The smallest absolute Gasteiger partial charge is 0.337 e. The average molecular weight is 271 g/mol. The van der Waals surface area contributed by atoms with Crippen LogP contribution in [-0.2, 0) is 0 Å². The van der Waals surface area contributed by atoms with E-state index in [1.165, 1.54) is 13.0 Å².